The summed E-state index contributed by atoms with van der Waals surface area (Å²) in [6.07, 6.45) is 2.96. The topological polar surface area (TPSA) is 194 Å². The number of likely N-dealkylation sites (tertiary alicyclic amines) is 1. The van der Waals surface area contributed by atoms with Crippen LogP contribution in [0.25, 0.3) is 22.3 Å². The van der Waals surface area contributed by atoms with Crippen LogP contribution in [0.4, 0.5) is 4.79 Å². The molecule has 2 aliphatic heterocycles. The maximum atomic E-state index is 12.6. The molecule has 0 aliphatic carbocycles. The van der Waals surface area contributed by atoms with Crippen LogP contribution in [0.3, 0.4) is 0 Å². The number of amides is 1. The number of carbonyl (C=O) groups is 1. The SMILES string of the molecule is CC(C)(C)OC(=O)N1CCC(c2nc3c(nnn3Cc3ccccc3Cl)c(=O)[nH]2)CC1.O=c1[nH]c(C2CCNCC2)nc2c1nnn2Cc1ccccc1Cl. The van der Waals surface area contributed by atoms with E-state index in [4.69, 9.17) is 27.9 Å². The van der Waals surface area contributed by atoms with E-state index < -0.39 is 5.60 Å². The van der Waals surface area contributed by atoms with Gasteiger partial charge in [-0.05, 0) is 82.8 Å². The molecular formula is C37H42Cl2N12O4. The van der Waals surface area contributed by atoms with Crippen molar-refractivity contribution in [3.8, 4) is 0 Å². The first kappa shape index (κ1) is 38.1. The number of hydrogen-bond donors (Lipinski definition) is 3. The molecule has 2 aliphatic rings. The standard InChI is InChI=1S/C21H25ClN6O3.C16H17ClN6O/c1-21(2,3)31-20(30)27-10-8-13(9-11-27)17-23-18-16(19(29)24-17)25-26-28(18)12-14-6-4-5-7-15(14)22;17-12-4-2-1-3-11(12)9-23-15-13(21-22-23)16(24)20-14(19-15)10-5-7-18-8-6-10/h4-7,13H,8-12H2,1-3H3,(H,23,24,29);1-4,10,18H,5-9H2,(H,19,20,24). The quantitative estimate of drug-likeness (QED) is 0.205. The molecule has 0 bridgehead atoms. The number of H-pyrrole nitrogens is 2. The molecule has 8 rings (SSSR count). The smallest absolute Gasteiger partial charge is 0.410 e. The van der Waals surface area contributed by atoms with Crippen LogP contribution in [0.1, 0.15) is 81.1 Å². The highest BCUT2D eigenvalue weighted by atomic mass is 35.5. The Bertz CT molecular complexity index is 2420. The van der Waals surface area contributed by atoms with Crippen molar-refractivity contribution < 1.29 is 9.53 Å². The number of carbonyl (C=O) groups excluding carboxylic acids is 1. The Labute approximate surface area is 325 Å². The summed E-state index contributed by atoms with van der Waals surface area (Å²) >= 11 is 12.5. The van der Waals surface area contributed by atoms with Crippen molar-refractivity contribution in [1.29, 1.82) is 0 Å². The zero-order chi connectivity index (χ0) is 38.7. The number of ether oxygens (including phenoxy) is 1. The number of hydrogen-bond acceptors (Lipinski definition) is 11. The van der Waals surface area contributed by atoms with Crippen molar-refractivity contribution >= 4 is 51.6 Å². The number of rotatable bonds is 6. The van der Waals surface area contributed by atoms with Crippen molar-refractivity contribution in [3.63, 3.8) is 0 Å². The van der Waals surface area contributed by atoms with Gasteiger partial charge in [-0.15, -0.1) is 10.2 Å². The number of piperidine rings is 2. The summed E-state index contributed by atoms with van der Waals surface area (Å²) in [4.78, 5) is 54.0. The molecule has 0 atom stereocenters. The van der Waals surface area contributed by atoms with Crippen LogP contribution in [-0.4, -0.2) is 92.7 Å². The fourth-order valence-corrected chi connectivity index (χ4v) is 7.09. The molecule has 6 aromatic rings. The first-order valence-electron chi connectivity index (χ1n) is 18.3. The molecule has 0 radical (unpaired) electrons. The second-order valence-electron chi connectivity index (χ2n) is 14.7. The van der Waals surface area contributed by atoms with Gasteiger partial charge in [0.15, 0.2) is 22.3 Å². The molecule has 18 heteroatoms. The van der Waals surface area contributed by atoms with Gasteiger partial charge in [0.1, 0.15) is 17.2 Å². The second kappa shape index (κ2) is 16.3. The van der Waals surface area contributed by atoms with Gasteiger partial charge in [-0.1, -0.05) is 70.0 Å². The number of nitrogens with one attached hydrogen (secondary N) is 3. The van der Waals surface area contributed by atoms with Gasteiger partial charge in [0.05, 0.1) is 13.1 Å². The van der Waals surface area contributed by atoms with Gasteiger partial charge in [-0.25, -0.2) is 24.1 Å². The average Bonchev–Trinajstić information content (AvgIpc) is 3.78. The molecule has 288 valence electrons. The Kier molecular flexibility index (Phi) is 11.3. The van der Waals surface area contributed by atoms with Gasteiger partial charge in [0.25, 0.3) is 11.1 Å². The molecule has 4 aromatic heterocycles. The predicted octanol–water partition coefficient (Wildman–Crippen LogP) is 5.01. The van der Waals surface area contributed by atoms with Crippen molar-refractivity contribution in [3.05, 3.63) is 102 Å². The number of fused-ring (bicyclic) bond motifs is 2. The minimum Gasteiger partial charge on any atom is -0.444 e. The molecule has 2 saturated heterocycles. The van der Waals surface area contributed by atoms with E-state index in [1.165, 1.54) is 0 Å². The van der Waals surface area contributed by atoms with E-state index in [-0.39, 0.29) is 40.1 Å². The lowest BCUT2D eigenvalue weighted by molar-refractivity contribution is 0.0203. The summed E-state index contributed by atoms with van der Waals surface area (Å²) in [6, 6.07) is 15.0. The van der Waals surface area contributed by atoms with Crippen molar-refractivity contribution in [2.45, 2.75) is 77.0 Å². The minimum atomic E-state index is -0.529. The lowest BCUT2D eigenvalue weighted by Gasteiger charge is -2.33. The molecule has 2 fully saturated rings. The fourth-order valence-electron chi connectivity index (χ4n) is 6.70. The normalized spacial score (nSPS) is 15.6. The Hall–Kier alpha value is -5.19. The number of halogens is 2. The van der Waals surface area contributed by atoms with Crippen LogP contribution in [0, 0.1) is 0 Å². The molecule has 6 heterocycles. The maximum Gasteiger partial charge on any atom is 0.410 e. The molecule has 55 heavy (non-hydrogen) atoms. The van der Waals surface area contributed by atoms with Crippen LogP contribution in [-0.2, 0) is 17.8 Å². The van der Waals surface area contributed by atoms with Crippen molar-refractivity contribution in [1.82, 2.24) is 60.1 Å². The second-order valence-corrected chi connectivity index (χ2v) is 15.5. The molecule has 0 spiro atoms. The van der Waals surface area contributed by atoms with Crippen LogP contribution >= 0.6 is 23.2 Å². The largest absolute Gasteiger partial charge is 0.444 e. The first-order valence-corrected chi connectivity index (χ1v) is 19.0. The minimum absolute atomic E-state index is 0.0273. The number of nitrogens with zero attached hydrogens (tertiary/aromatic N) is 9. The van der Waals surface area contributed by atoms with Crippen LogP contribution < -0.4 is 16.4 Å². The summed E-state index contributed by atoms with van der Waals surface area (Å²) in [6.45, 7) is 9.29. The third-order valence-corrected chi connectivity index (χ3v) is 10.3. The Balaban J connectivity index is 0.000000174. The number of aromatic amines is 2. The third kappa shape index (κ3) is 8.87. The van der Waals surface area contributed by atoms with E-state index in [9.17, 15) is 14.4 Å². The van der Waals surface area contributed by atoms with Gasteiger partial charge in [0, 0.05) is 35.0 Å². The van der Waals surface area contributed by atoms with E-state index >= 15 is 0 Å². The molecule has 1 amide bonds. The summed E-state index contributed by atoms with van der Waals surface area (Å²) in [7, 11) is 0. The van der Waals surface area contributed by atoms with E-state index in [0.29, 0.717) is 66.2 Å². The average molecular weight is 790 g/mol. The van der Waals surface area contributed by atoms with Crippen molar-refractivity contribution in [2.24, 2.45) is 0 Å². The molecular weight excluding hydrogens is 747 g/mol. The molecule has 16 nitrogen and oxygen atoms in total. The molecule has 0 saturated carbocycles. The van der Waals surface area contributed by atoms with Crippen LogP contribution in [0.2, 0.25) is 10.0 Å². The van der Waals surface area contributed by atoms with E-state index in [2.05, 4.69) is 45.9 Å². The summed E-state index contributed by atoms with van der Waals surface area (Å²) in [5, 5.41) is 20.8. The summed E-state index contributed by atoms with van der Waals surface area (Å²) in [5.74, 6) is 1.59. The Morgan fingerprint density at radius 1 is 0.745 bits per heavy atom. The molecule has 3 N–H and O–H groups in total. The third-order valence-electron chi connectivity index (χ3n) is 9.60. The van der Waals surface area contributed by atoms with E-state index in [0.717, 1.165) is 42.9 Å². The highest BCUT2D eigenvalue weighted by molar-refractivity contribution is 6.31. The van der Waals surface area contributed by atoms with Gasteiger partial charge in [-0.3, -0.25) is 9.59 Å². The Morgan fingerprint density at radius 2 is 1.20 bits per heavy atom. The highest BCUT2D eigenvalue weighted by Gasteiger charge is 2.29. The van der Waals surface area contributed by atoms with E-state index in [1.807, 2.05) is 63.2 Å². The van der Waals surface area contributed by atoms with Gasteiger partial charge in [-0.2, -0.15) is 0 Å². The monoisotopic (exact) mass is 788 g/mol. The first-order chi connectivity index (χ1) is 26.4. The lowest BCUT2D eigenvalue weighted by atomic mass is 9.96. The zero-order valence-corrected chi connectivity index (χ0v) is 32.3. The summed E-state index contributed by atoms with van der Waals surface area (Å²) in [5.41, 5.74) is 2.08. The lowest BCUT2D eigenvalue weighted by Crippen LogP contribution is -2.41. The number of aromatic nitrogens is 10. The fraction of sp³-hybridized carbons (Fsp3) is 0.432. The van der Waals surface area contributed by atoms with Crippen LogP contribution in [0.5, 0.6) is 0 Å². The number of benzene rings is 2. The highest BCUT2D eigenvalue weighted by Crippen LogP contribution is 2.27. The molecule has 0 unspecified atom stereocenters. The maximum absolute atomic E-state index is 12.6. The Morgan fingerprint density at radius 3 is 1.65 bits per heavy atom. The van der Waals surface area contributed by atoms with Crippen molar-refractivity contribution in [2.75, 3.05) is 26.2 Å². The van der Waals surface area contributed by atoms with E-state index in [1.54, 1.807) is 20.3 Å². The predicted molar refractivity (Wildman–Crippen MR) is 208 cm³/mol. The van der Waals surface area contributed by atoms with Crippen LogP contribution in [0.15, 0.2) is 58.1 Å². The van der Waals surface area contributed by atoms with Gasteiger partial charge >= 0.3 is 6.09 Å². The van der Waals surface area contributed by atoms with Gasteiger partial charge in [0.2, 0.25) is 0 Å². The molecule has 2 aromatic carbocycles. The zero-order valence-electron chi connectivity index (χ0n) is 30.8. The van der Waals surface area contributed by atoms with Gasteiger partial charge < -0.3 is 24.9 Å². The summed E-state index contributed by atoms with van der Waals surface area (Å²) < 4.78 is 8.67.